The molecule has 0 fully saturated rings. The van der Waals surface area contributed by atoms with Crippen molar-refractivity contribution >= 4 is 76.2 Å². The summed E-state index contributed by atoms with van der Waals surface area (Å²) < 4.78 is 5.71. The molecule has 0 aliphatic heterocycles. The van der Waals surface area contributed by atoms with E-state index in [4.69, 9.17) is 0 Å². The normalized spacial score (nSPS) is 18.5. The van der Waals surface area contributed by atoms with Crippen molar-refractivity contribution in [2.45, 2.75) is 144 Å². The smallest absolute Gasteiger partial charge is 0.0621 e. The molecule has 6 aliphatic rings. The molecule has 80 heavy (non-hydrogen) atoms. The van der Waals surface area contributed by atoms with Crippen LogP contribution in [0.2, 0.25) is 0 Å². The lowest BCUT2D eigenvalue weighted by molar-refractivity contribution is 0.411. The quantitative estimate of drug-likeness (QED) is 0.163. The first-order valence-electron chi connectivity index (χ1n) is 30.0. The monoisotopic (exact) mass is 1040 g/mol. The summed E-state index contributed by atoms with van der Waals surface area (Å²) >= 11 is 0. The zero-order valence-electron chi connectivity index (χ0n) is 49.3. The first-order chi connectivity index (χ1) is 38.1. The van der Waals surface area contributed by atoms with E-state index in [2.05, 4.69) is 239 Å². The summed E-state index contributed by atoms with van der Waals surface area (Å²) in [6.45, 7) is 34.4. The van der Waals surface area contributed by atoms with Gasteiger partial charge in [-0.3, -0.25) is 0 Å². The van der Waals surface area contributed by atoms with E-state index in [1.807, 2.05) is 0 Å². The lowest BCUT2D eigenvalue weighted by Gasteiger charge is -2.43. The summed E-state index contributed by atoms with van der Waals surface area (Å²) in [5, 5.41) is 11.5. The molecule has 4 aromatic heterocycles. The largest absolute Gasteiger partial charge is 0.308 e. The van der Waals surface area contributed by atoms with Gasteiger partial charge >= 0.3 is 0 Å². The van der Waals surface area contributed by atoms with E-state index >= 15 is 0 Å². The van der Waals surface area contributed by atoms with Crippen molar-refractivity contribution in [3.05, 3.63) is 234 Å². The minimum absolute atomic E-state index is 0.0160. The Bertz CT molecular complexity index is 4550. The number of aryl methyl sites for hydroxylation is 2. The molecule has 0 unspecified atom stereocenters. The van der Waals surface area contributed by atoms with Crippen LogP contribution in [0.15, 0.2) is 133 Å². The van der Waals surface area contributed by atoms with Gasteiger partial charge in [-0.25, -0.2) is 0 Å². The van der Waals surface area contributed by atoms with Gasteiger partial charge in [0.05, 0.1) is 33.1 Å². The highest BCUT2D eigenvalue weighted by Crippen LogP contribution is 2.63. The average molecular weight is 1040 g/mol. The van der Waals surface area contributed by atoms with Crippen molar-refractivity contribution in [1.82, 2.24) is 8.80 Å². The molecule has 0 N–H and O–H groups in total. The molecule has 0 radical (unpaired) electrons. The molecule has 2 heteroatoms. The van der Waals surface area contributed by atoms with Crippen molar-refractivity contribution in [2.75, 3.05) is 0 Å². The number of rotatable bonds is 2. The third-order valence-electron chi connectivity index (χ3n) is 20.3. The van der Waals surface area contributed by atoms with Crippen molar-refractivity contribution in [1.29, 1.82) is 0 Å². The van der Waals surface area contributed by atoms with Gasteiger partial charge in [0, 0.05) is 66.8 Å². The Labute approximate surface area is 471 Å². The molecular formula is C78H72N2. The Kier molecular flexibility index (Phi) is 8.84. The van der Waals surface area contributed by atoms with Crippen molar-refractivity contribution < 1.29 is 0 Å². The van der Waals surface area contributed by atoms with Gasteiger partial charge in [0.15, 0.2) is 0 Å². The number of hydrogen-bond acceptors (Lipinski definition) is 0. The highest BCUT2D eigenvalue weighted by molar-refractivity contribution is 6.32. The van der Waals surface area contributed by atoms with Crippen LogP contribution in [0.25, 0.3) is 76.2 Å². The summed E-state index contributed by atoms with van der Waals surface area (Å²) in [7, 11) is 0. The second-order valence-corrected chi connectivity index (χ2v) is 30.0. The lowest BCUT2D eigenvalue weighted by Crippen LogP contribution is -2.28. The van der Waals surface area contributed by atoms with Crippen LogP contribution < -0.4 is 0 Å². The Morgan fingerprint density at radius 1 is 0.325 bits per heavy atom. The molecule has 6 aliphatic carbocycles. The van der Waals surface area contributed by atoms with Crippen LogP contribution in [0.1, 0.15) is 207 Å². The Morgan fingerprint density at radius 3 is 0.850 bits per heavy atom. The van der Waals surface area contributed by atoms with E-state index in [0.717, 1.165) is 12.8 Å². The van der Waals surface area contributed by atoms with Gasteiger partial charge in [-0.05, 0) is 185 Å². The highest BCUT2D eigenvalue weighted by atomic mass is 14.9. The average Bonchev–Trinajstić information content (AvgIpc) is 4.35. The predicted molar refractivity (Wildman–Crippen MR) is 339 cm³/mol. The zero-order chi connectivity index (χ0) is 54.9. The van der Waals surface area contributed by atoms with Crippen LogP contribution in [-0.4, -0.2) is 8.80 Å². The molecule has 4 bridgehead atoms. The van der Waals surface area contributed by atoms with Gasteiger partial charge in [-0.15, -0.1) is 0 Å². The van der Waals surface area contributed by atoms with Crippen molar-refractivity contribution in [2.24, 2.45) is 10.8 Å². The van der Waals surface area contributed by atoms with Crippen LogP contribution in [0.5, 0.6) is 0 Å². The molecule has 0 amide bonds. The topological polar surface area (TPSA) is 8.82 Å². The van der Waals surface area contributed by atoms with E-state index in [1.165, 1.54) is 165 Å². The summed E-state index contributed by atoms with van der Waals surface area (Å²) in [6.07, 6.45) is 1.89. The van der Waals surface area contributed by atoms with Gasteiger partial charge < -0.3 is 8.80 Å². The second-order valence-electron chi connectivity index (χ2n) is 30.0. The molecule has 0 saturated carbocycles. The number of nitrogens with zero attached hydrogens (tertiary/aromatic N) is 2. The standard InChI is InChI=1S/C78H72N2/c1-39-31-57-67(69-59(39)61-43-23-15-19-27-47(43)63(69)48-28-20-16-24-44(48)61)53-35-41(77(9,10)11)33-51-65-56(38-76(6,7)8)74-66(55(37-75(3,4)5)73(65)79(57)71(51)53)52-34-42(78(12,13)14)36-54-68-58(80(74)72(52)54)32-40(2)60-62-45-25-17-21-29-49(45)64(70(60)68)50-30-22-18-26-46(50)62/h15-36,61-64H,37-38H2,1-14H3. The summed E-state index contributed by atoms with van der Waals surface area (Å²) in [6, 6.07) is 53.6. The van der Waals surface area contributed by atoms with E-state index in [-0.39, 0.29) is 45.3 Å². The minimum atomic E-state index is -0.0877. The maximum Gasteiger partial charge on any atom is 0.0621 e. The molecule has 0 saturated heterocycles. The van der Waals surface area contributed by atoms with Gasteiger partial charge in [-0.2, -0.15) is 0 Å². The zero-order valence-corrected chi connectivity index (χ0v) is 49.3. The second kappa shape index (κ2) is 14.9. The van der Waals surface area contributed by atoms with Crippen LogP contribution in [0.4, 0.5) is 0 Å². The molecule has 0 atom stereocenters. The number of aromatic nitrogens is 2. The molecule has 0 spiro atoms. The maximum absolute atomic E-state index is 2.85. The summed E-state index contributed by atoms with van der Waals surface area (Å²) in [5.74, 6) is 0.739. The van der Waals surface area contributed by atoms with Crippen molar-refractivity contribution in [3.8, 4) is 0 Å². The van der Waals surface area contributed by atoms with E-state index in [0.29, 0.717) is 0 Å². The number of benzene rings is 9. The first-order valence-corrected chi connectivity index (χ1v) is 30.0. The third-order valence-corrected chi connectivity index (χ3v) is 20.3. The minimum Gasteiger partial charge on any atom is -0.308 e. The molecule has 13 aromatic rings. The van der Waals surface area contributed by atoms with E-state index in [9.17, 15) is 0 Å². The van der Waals surface area contributed by atoms with Crippen LogP contribution in [0, 0.1) is 24.7 Å². The molecule has 19 rings (SSSR count). The van der Waals surface area contributed by atoms with Gasteiger partial charge in [0.25, 0.3) is 0 Å². The van der Waals surface area contributed by atoms with Gasteiger partial charge in [0.1, 0.15) is 0 Å². The Morgan fingerprint density at radius 2 is 0.588 bits per heavy atom. The van der Waals surface area contributed by atoms with Crippen LogP contribution in [0.3, 0.4) is 0 Å². The fraction of sp³-hybridized carbons (Fsp3) is 0.308. The number of fused-ring (bicyclic) bond motifs is 12. The predicted octanol–water partition coefficient (Wildman–Crippen LogP) is 20.4. The van der Waals surface area contributed by atoms with Gasteiger partial charge in [0.2, 0.25) is 0 Å². The van der Waals surface area contributed by atoms with E-state index < -0.39 is 0 Å². The van der Waals surface area contributed by atoms with Gasteiger partial charge in [-0.1, -0.05) is 180 Å². The fourth-order valence-electron chi connectivity index (χ4n) is 17.4. The lowest BCUT2D eigenvalue weighted by atomic mass is 9.59. The molecular weight excluding hydrogens is 965 g/mol. The Hall–Kier alpha value is -7.42. The Balaban J connectivity index is 1.11. The third kappa shape index (κ3) is 5.81. The molecule has 2 nitrogen and oxygen atoms in total. The summed E-state index contributed by atoms with van der Waals surface area (Å²) in [5.41, 5.74) is 34.8. The summed E-state index contributed by atoms with van der Waals surface area (Å²) in [4.78, 5) is 0. The maximum atomic E-state index is 2.85. The van der Waals surface area contributed by atoms with Crippen LogP contribution in [-0.2, 0) is 23.7 Å². The van der Waals surface area contributed by atoms with Crippen molar-refractivity contribution in [3.63, 3.8) is 0 Å². The molecule has 394 valence electrons. The SMILES string of the molecule is Cc1cc2c(c3c1C1c4ccccc4C3c3ccccc31)c1cc(C(C)(C)C)cc3c4c(CC(C)(C)C)c5c(c(CC(C)(C)C)c4n2c13)c1cc(C(C)(C)C)cc2c3c4c(c(C)cc3n5c21)C1c2ccccc2C4c2ccccc21. The van der Waals surface area contributed by atoms with Crippen LogP contribution >= 0.6 is 0 Å². The fourth-order valence-corrected chi connectivity index (χ4v) is 17.4. The number of hydrogen-bond donors (Lipinski definition) is 0. The highest BCUT2D eigenvalue weighted by Gasteiger charge is 2.47. The first kappa shape index (κ1) is 47.4. The van der Waals surface area contributed by atoms with E-state index in [1.54, 1.807) is 11.1 Å². The molecule has 4 heterocycles. The molecule has 9 aromatic carbocycles.